The lowest BCUT2D eigenvalue weighted by Gasteiger charge is -2.50. The van der Waals surface area contributed by atoms with E-state index in [9.17, 15) is 8.94 Å². The maximum absolute atomic E-state index is 14.1. The monoisotopic (exact) mass is 340 g/mol. The fourth-order valence-electron chi connectivity index (χ4n) is 3.25. The molecule has 2 fully saturated rings. The number of nitrogens with zero attached hydrogens (tertiary/aromatic N) is 1. The van der Waals surface area contributed by atoms with Gasteiger partial charge < -0.3 is 19.9 Å². The first-order valence-electron chi connectivity index (χ1n) is 7.52. The minimum absolute atomic E-state index is 0.0644. The first kappa shape index (κ1) is 16.4. The summed E-state index contributed by atoms with van der Waals surface area (Å²) in [7, 11) is 3.40. The largest absolute Gasteiger partial charge is 0.593 e. The average molecular weight is 340 g/mol. The molecule has 2 saturated heterocycles. The standard InChI is InChI=1S/C15H21FN4O2S/c1-18-12-4-3-11(16)7-10(8-12)15-9-22-6-5-13(15)23(21)20(2)14(17)19-15/h3-4,8,13,18H,5-7,9H2,1-2H3,(H2,17,19). The highest BCUT2D eigenvalue weighted by Gasteiger charge is 2.57. The number of allylic oxidation sites excluding steroid dienone is 4. The van der Waals surface area contributed by atoms with Gasteiger partial charge in [0.1, 0.15) is 11.4 Å². The van der Waals surface area contributed by atoms with Crippen LogP contribution in [-0.4, -0.2) is 52.9 Å². The number of nitrogens with one attached hydrogen (secondary N) is 3. The molecule has 23 heavy (non-hydrogen) atoms. The van der Waals surface area contributed by atoms with Gasteiger partial charge in [0.2, 0.25) is 5.96 Å². The highest BCUT2D eigenvalue weighted by molar-refractivity contribution is 7.90. The molecule has 8 heteroatoms. The predicted octanol–water partition coefficient (Wildman–Crippen LogP) is 0.934. The second-order valence-electron chi connectivity index (χ2n) is 5.88. The summed E-state index contributed by atoms with van der Waals surface area (Å²) in [6.45, 7) is 0.789. The molecule has 0 radical (unpaired) electrons. The van der Waals surface area contributed by atoms with E-state index in [1.54, 1.807) is 20.2 Å². The van der Waals surface area contributed by atoms with Gasteiger partial charge in [0, 0.05) is 25.6 Å². The Balaban J connectivity index is 2.06. The molecule has 2 heterocycles. The summed E-state index contributed by atoms with van der Waals surface area (Å²) in [5, 5.41) is 14.0. The number of ether oxygens (including phenoxy) is 1. The number of likely N-dealkylation sites (N-methyl/N-ethyl adjacent to an activating group) is 1. The first-order valence-corrected chi connectivity index (χ1v) is 8.69. The average Bonchev–Trinajstić information content (AvgIpc) is 2.74. The highest BCUT2D eigenvalue weighted by atomic mass is 32.2. The maximum Gasteiger partial charge on any atom is 0.234 e. The topological polar surface area (TPSA) is 83.4 Å². The zero-order valence-electron chi connectivity index (χ0n) is 13.2. The molecule has 0 aromatic heterocycles. The number of hydrogen-bond acceptors (Lipinski definition) is 4. The maximum atomic E-state index is 14.1. The molecular formula is C15H21FN4O2S. The number of fused-ring (bicyclic) bond motifs is 1. The van der Waals surface area contributed by atoms with Crippen molar-refractivity contribution in [1.82, 2.24) is 14.9 Å². The van der Waals surface area contributed by atoms with Crippen LogP contribution >= 0.6 is 0 Å². The molecule has 0 aromatic carbocycles. The summed E-state index contributed by atoms with van der Waals surface area (Å²) in [5.74, 6) is -0.201. The van der Waals surface area contributed by atoms with Crippen LogP contribution in [-0.2, 0) is 16.1 Å². The lowest BCUT2D eigenvalue weighted by Crippen LogP contribution is -2.73. The zero-order chi connectivity index (χ0) is 16.6. The number of halogens is 1. The van der Waals surface area contributed by atoms with E-state index in [-0.39, 0.29) is 30.1 Å². The molecule has 3 N–H and O–H groups in total. The zero-order valence-corrected chi connectivity index (χ0v) is 14.0. The van der Waals surface area contributed by atoms with Gasteiger partial charge in [-0.05, 0) is 23.8 Å². The third-order valence-electron chi connectivity index (χ3n) is 4.57. The summed E-state index contributed by atoms with van der Waals surface area (Å²) in [4.78, 5) is 0. The summed E-state index contributed by atoms with van der Waals surface area (Å²) in [6, 6.07) is 0. The van der Waals surface area contributed by atoms with Gasteiger partial charge in [0.15, 0.2) is 5.25 Å². The molecule has 3 aliphatic rings. The van der Waals surface area contributed by atoms with E-state index >= 15 is 0 Å². The van der Waals surface area contributed by atoms with E-state index in [2.05, 4.69) is 10.6 Å². The van der Waals surface area contributed by atoms with Gasteiger partial charge >= 0.3 is 0 Å². The van der Waals surface area contributed by atoms with E-state index in [1.165, 1.54) is 10.4 Å². The van der Waals surface area contributed by atoms with Crippen molar-refractivity contribution in [3.63, 3.8) is 0 Å². The van der Waals surface area contributed by atoms with Gasteiger partial charge in [0.25, 0.3) is 0 Å². The van der Waals surface area contributed by atoms with Gasteiger partial charge in [-0.25, -0.2) is 4.39 Å². The van der Waals surface area contributed by atoms with Gasteiger partial charge in [-0.3, -0.25) is 5.41 Å². The van der Waals surface area contributed by atoms with Crippen molar-refractivity contribution in [1.29, 1.82) is 5.41 Å². The van der Waals surface area contributed by atoms with Gasteiger partial charge in [0.05, 0.1) is 31.6 Å². The van der Waals surface area contributed by atoms with Crippen LogP contribution in [0.15, 0.2) is 35.3 Å². The fraction of sp³-hybridized carbons (Fsp3) is 0.533. The van der Waals surface area contributed by atoms with E-state index in [4.69, 9.17) is 10.1 Å². The van der Waals surface area contributed by atoms with E-state index in [0.717, 1.165) is 11.3 Å². The van der Waals surface area contributed by atoms with Crippen LogP contribution in [0.25, 0.3) is 0 Å². The minimum atomic E-state index is -1.36. The molecule has 2 aliphatic heterocycles. The van der Waals surface area contributed by atoms with Crippen LogP contribution in [0.5, 0.6) is 0 Å². The molecule has 0 amide bonds. The summed E-state index contributed by atoms with van der Waals surface area (Å²) in [5.41, 5.74) is 0.697. The summed E-state index contributed by atoms with van der Waals surface area (Å²) >= 11 is -1.36. The Morgan fingerprint density at radius 2 is 2.35 bits per heavy atom. The summed E-state index contributed by atoms with van der Waals surface area (Å²) in [6.07, 6.45) is 5.69. The molecule has 3 rings (SSSR count). The molecule has 0 aromatic rings. The van der Waals surface area contributed by atoms with Crippen molar-refractivity contribution in [3.05, 3.63) is 35.3 Å². The molecule has 6 nitrogen and oxygen atoms in total. The van der Waals surface area contributed by atoms with Gasteiger partial charge in [-0.1, -0.05) is 0 Å². The minimum Gasteiger partial charge on any atom is -0.593 e. The van der Waals surface area contributed by atoms with E-state index in [0.29, 0.717) is 13.0 Å². The van der Waals surface area contributed by atoms with Crippen molar-refractivity contribution in [2.45, 2.75) is 23.6 Å². The van der Waals surface area contributed by atoms with Crippen molar-refractivity contribution in [2.75, 3.05) is 27.3 Å². The number of hydrogen-bond donors (Lipinski definition) is 3. The lowest BCUT2D eigenvalue weighted by molar-refractivity contribution is 0.0412. The Kier molecular flexibility index (Phi) is 4.39. The molecule has 1 aliphatic carbocycles. The first-order chi connectivity index (χ1) is 11.0. The van der Waals surface area contributed by atoms with Crippen LogP contribution in [0.2, 0.25) is 0 Å². The van der Waals surface area contributed by atoms with E-state index in [1.807, 2.05) is 6.08 Å². The van der Waals surface area contributed by atoms with Crippen molar-refractivity contribution < 1.29 is 13.7 Å². The van der Waals surface area contributed by atoms with Crippen LogP contribution < -0.4 is 10.6 Å². The number of guanidine groups is 1. The van der Waals surface area contributed by atoms with Gasteiger partial charge in [-0.15, -0.1) is 0 Å². The Bertz CT molecular complexity index is 606. The smallest absolute Gasteiger partial charge is 0.234 e. The quantitative estimate of drug-likeness (QED) is 0.652. The van der Waals surface area contributed by atoms with Gasteiger partial charge in [-0.2, -0.15) is 4.31 Å². The third kappa shape index (κ3) is 2.75. The predicted molar refractivity (Wildman–Crippen MR) is 87.8 cm³/mol. The normalized spacial score (nSPS) is 34.5. The van der Waals surface area contributed by atoms with Crippen molar-refractivity contribution >= 4 is 17.3 Å². The Morgan fingerprint density at radius 1 is 1.57 bits per heavy atom. The Labute approximate surface area is 138 Å². The molecule has 0 saturated carbocycles. The molecule has 3 unspecified atom stereocenters. The van der Waals surface area contributed by atoms with Crippen molar-refractivity contribution in [2.24, 2.45) is 0 Å². The van der Waals surface area contributed by atoms with E-state index < -0.39 is 16.9 Å². The molecule has 0 bridgehead atoms. The van der Waals surface area contributed by atoms with Crippen LogP contribution in [0, 0.1) is 5.41 Å². The lowest BCUT2D eigenvalue weighted by atomic mass is 9.81. The summed E-state index contributed by atoms with van der Waals surface area (Å²) < 4.78 is 34.0. The number of rotatable bonds is 2. The fourth-order valence-corrected chi connectivity index (χ4v) is 4.78. The van der Waals surface area contributed by atoms with Crippen molar-refractivity contribution in [3.8, 4) is 0 Å². The second kappa shape index (κ2) is 6.18. The van der Waals surface area contributed by atoms with Crippen LogP contribution in [0.3, 0.4) is 0 Å². The third-order valence-corrected chi connectivity index (χ3v) is 6.42. The molecule has 3 atom stereocenters. The SMILES string of the molecule is CNC1=CC=C(F)CC(C23COCCC2[S+]([O-])N(C)C(=N)N3)=C1. The Morgan fingerprint density at radius 3 is 3.09 bits per heavy atom. The molecule has 126 valence electrons. The molecular weight excluding hydrogens is 319 g/mol. The second-order valence-corrected chi connectivity index (χ2v) is 7.55. The molecule has 0 spiro atoms. The van der Waals surface area contributed by atoms with Crippen LogP contribution in [0.4, 0.5) is 4.39 Å². The Hall–Kier alpha value is -1.51. The van der Waals surface area contributed by atoms with Crippen LogP contribution in [0.1, 0.15) is 12.8 Å². The highest BCUT2D eigenvalue weighted by Crippen LogP contribution is 2.40.